The van der Waals surface area contributed by atoms with Crippen LogP contribution in [0.15, 0.2) is 57.7 Å². The summed E-state index contributed by atoms with van der Waals surface area (Å²) in [6, 6.07) is 14.6. The molecule has 0 spiro atoms. The molecule has 3 aromatic rings. The first kappa shape index (κ1) is 18.7. The molecule has 1 amide bonds. The van der Waals surface area contributed by atoms with Crippen LogP contribution in [-0.4, -0.2) is 13.0 Å². The molecule has 1 heterocycles. The van der Waals surface area contributed by atoms with E-state index in [9.17, 15) is 9.59 Å². The van der Waals surface area contributed by atoms with Gasteiger partial charge >= 0.3 is 5.63 Å². The molecular formula is C22H23NO4. The van der Waals surface area contributed by atoms with Gasteiger partial charge in [0, 0.05) is 18.0 Å². The van der Waals surface area contributed by atoms with Crippen molar-refractivity contribution in [2.45, 2.75) is 32.7 Å². The molecule has 3 rings (SSSR count). The van der Waals surface area contributed by atoms with E-state index in [1.54, 1.807) is 7.11 Å². The third-order valence-corrected chi connectivity index (χ3v) is 4.52. The van der Waals surface area contributed by atoms with Gasteiger partial charge in [0.15, 0.2) is 0 Å². The number of hydrogen-bond donors (Lipinski definition) is 1. The van der Waals surface area contributed by atoms with Crippen molar-refractivity contribution in [3.05, 3.63) is 75.6 Å². The van der Waals surface area contributed by atoms with Crippen molar-refractivity contribution in [2.24, 2.45) is 0 Å². The average Bonchev–Trinajstić information content (AvgIpc) is 2.66. The minimum absolute atomic E-state index is 0.110. The third kappa shape index (κ3) is 4.56. The molecule has 0 radical (unpaired) electrons. The Morgan fingerprint density at radius 1 is 1.11 bits per heavy atom. The predicted octanol–water partition coefficient (Wildman–Crippen LogP) is 3.78. The average molecular weight is 365 g/mol. The fourth-order valence-corrected chi connectivity index (χ4v) is 2.94. The quantitative estimate of drug-likeness (QED) is 0.675. The topological polar surface area (TPSA) is 68.5 Å². The number of rotatable bonds is 6. The molecule has 0 aliphatic heterocycles. The highest BCUT2D eigenvalue weighted by molar-refractivity contribution is 5.83. The van der Waals surface area contributed by atoms with Crippen molar-refractivity contribution < 1.29 is 13.9 Å². The highest BCUT2D eigenvalue weighted by atomic mass is 16.5. The number of amides is 1. The van der Waals surface area contributed by atoms with E-state index in [0.29, 0.717) is 11.5 Å². The highest BCUT2D eigenvalue weighted by Gasteiger charge is 2.10. The van der Waals surface area contributed by atoms with Gasteiger partial charge in [-0.2, -0.15) is 0 Å². The number of fused-ring (bicyclic) bond motifs is 1. The van der Waals surface area contributed by atoms with Crippen LogP contribution in [0.2, 0.25) is 0 Å². The van der Waals surface area contributed by atoms with Gasteiger partial charge in [-0.15, -0.1) is 0 Å². The summed E-state index contributed by atoms with van der Waals surface area (Å²) in [5.74, 6) is 1.00. The van der Waals surface area contributed by atoms with Gasteiger partial charge in [0.05, 0.1) is 13.5 Å². The molecule has 0 saturated heterocycles. The molecule has 0 bridgehead atoms. The van der Waals surface area contributed by atoms with Gasteiger partial charge in [-0.25, -0.2) is 4.79 Å². The summed E-state index contributed by atoms with van der Waals surface area (Å²) in [6.45, 7) is 4.49. The molecule has 5 nitrogen and oxygen atoms in total. The Balaban J connectivity index is 1.76. The van der Waals surface area contributed by atoms with Gasteiger partial charge in [0.2, 0.25) is 5.91 Å². The lowest BCUT2D eigenvalue weighted by atomic mass is 9.99. The van der Waals surface area contributed by atoms with Crippen LogP contribution in [0.25, 0.3) is 11.0 Å². The zero-order valence-corrected chi connectivity index (χ0v) is 15.7. The Morgan fingerprint density at radius 2 is 1.85 bits per heavy atom. The Labute approximate surface area is 158 Å². The Hall–Kier alpha value is -3.08. The van der Waals surface area contributed by atoms with Crippen LogP contribution >= 0.6 is 0 Å². The molecule has 0 atom stereocenters. The van der Waals surface area contributed by atoms with Crippen LogP contribution in [0, 0.1) is 0 Å². The molecule has 1 aromatic heterocycles. The molecule has 0 fully saturated rings. The summed E-state index contributed by atoms with van der Waals surface area (Å²) >= 11 is 0. The number of benzene rings is 2. The second-order valence-electron chi connectivity index (χ2n) is 6.80. The molecule has 0 aliphatic carbocycles. The molecular weight excluding hydrogens is 342 g/mol. The van der Waals surface area contributed by atoms with E-state index in [1.807, 2.05) is 42.5 Å². The van der Waals surface area contributed by atoms with Gasteiger partial charge < -0.3 is 14.5 Å². The molecule has 0 aliphatic rings. The largest absolute Gasteiger partial charge is 0.497 e. The summed E-state index contributed by atoms with van der Waals surface area (Å²) in [4.78, 5) is 24.1. The smallest absolute Gasteiger partial charge is 0.336 e. The Bertz CT molecular complexity index is 1000. The zero-order valence-electron chi connectivity index (χ0n) is 15.7. The normalized spacial score (nSPS) is 11.0. The van der Waals surface area contributed by atoms with Gasteiger partial charge in [-0.1, -0.05) is 32.0 Å². The molecule has 140 valence electrons. The SMILES string of the molecule is COc1ccc(CC(=O)NCc2cc(=O)oc3ccc(C(C)C)cc23)cc1. The maximum absolute atomic E-state index is 12.3. The lowest BCUT2D eigenvalue weighted by Gasteiger charge is -2.11. The summed E-state index contributed by atoms with van der Waals surface area (Å²) in [5.41, 5.74) is 2.92. The molecule has 0 unspecified atom stereocenters. The van der Waals surface area contributed by atoms with Crippen molar-refractivity contribution in [3.63, 3.8) is 0 Å². The Morgan fingerprint density at radius 3 is 2.52 bits per heavy atom. The molecule has 27 heavy (non-hydrogen) atoms. The van der Waals surface area contributed by atoms with E-state index in [0.717, 1.165) is 27.8 Å². The molecule has 0 saturated carbocycles. The number of nitrogens with one attached hydrogen (secondary N) is 1. The van der Waals surface area contributed by atoms with Crippen molar-refractivity contribution >= 4 is 16.9 Å². The summed E-state index contributed by atoms with van der Waals surface area (Å²) in [6.07, 6.45) is 0.264. The van der Waals surface area contributed by atoms with Gasteiger partial charge in [-0.05, 0) is 46.9 Å². The van der Waals surface area contributed by atoms with Crippen LogP contribution in [-0.2, 0) is 17.8 Å². The van der Waals surface area contributed by atoms with E-state index in [1.165, 1.54) is 6.07 Å². The van der Waals surface area contributed by atoms with Gasteiger partial charge in [0.25, 0.3) is 0 Å². The molecule has 2 aromatic carbocycles. The molecule has 5 heteroatoms. The van der Waals surface area contributed by atoms with Crippen LogP contribution < -0.4 is 15.7 Å². The first-order chi connectivity index (χ1) is 13.0. The number of carbonyl (C=O) groups is 1. The van der Waals surface area contributed by atoms with Crippen molar-refractivity contribution in [1.29, 1.82) is 0 Å². The van der Waals surface area contributed by atoms with Crippen LogP contribution in [0.5, 0.6) is 5.75 Å². The number of carbonyl (C=O) groups excluding carboxylic acids is 1. The monoisotopic (exact) mass is 365 g/mol. The van der Waals surface area contributed by atoms with E-state index in [-0.39, 0.29) is 18.9 Å². The predicted molar refractivity (Wildman–Crippen MR) is 105 cm³/mol. The first-order valence-electron chi connectivity index (χ1n) is 8.92. The zero-order chi connectivity index (χ0) is 19.4. The summed E-state index contributed by atoms with van der Waals surface area (Å²) in [7, 11) is 1.60. The van der Waals surface area contributed by atoms with Crippen LogP contribution in [0.1, 0.15) is 36.5 Å². The van der Waals surface area contributed by atoms with Gasteiger partial charge in [0.1, 0.15) is 11.3 Å². The van der Waals surface area contributed by atoms with E-state index >= 15 is 0 Å². The standard InChI is InChI=1S/C22H23NO4/c1-14(2)16-6-9-20-19(11-16)17(12-22(25)27-20)13-23-21(24)10-15-4-7-18(26-3)8-5-15/h4-9,11-12,14H,10,13H2,1-3H3,(H,23,24). The second kappa shape index (κ2) is 8.08. The van der Waals surface area contributed by atoms with E-state index < -0.39 is 5.63 Å². The maximum atomic E-state index is 12.3. The minimum atomic E-state index is -0.417. The second-order valence-corrected chi connectivity index (χ2v) is 6.80. The minimum Gasteiger partial charge on any atom is -0.497 e. The fraction of sp³-hybridized carbons (Fsp3) is 0.273. The summed E-state index contributed by atoms with van der Waals surface area (Å²) < 4.78 is 10.4. The molecule has 1 N–H and O–H groups in total. The first-order valence-corrected chi connectivity index (χ1v) is 8.92. The fourth-order valence-electron chi connectivity index (χ4n) is 2.94. The third-order valence-electron chi connectivity index (χ3n) is 4.52. The number of ether oxygens (including phenoxy) is 1. The van der Waals surface area contributed by atoms with E-state index in [2.05, 4.69) is 19.2 Å². The van der Waals surface area contributed by atoms with Crippen LogP contribution in [0.4, 0.5) is 0 Å². The summed E-state index contributed by atoms with van der Waals surface area (Å²) in [5, 5.41) is 3.75. The number of hydrogen-bond acceptors (Lipinski definition) is 4. The maximum Gasteiger partial charge on any atom is 0.336 e. The van der Waals surface area contributed by atoms with Crippen molar-refractivity contribution in [2.75, 3.05) is 7.11 Å². The van der Waals surface area contributed by atoms with E-state index in [4.69, 9.17) is 9.15 Å². The van der Waals surface area contributed by atoms with Crippen molar-refractivity contribution in [3.8, 4) is 5.75 Å². The lowest BCUT2D eigenvalue weighted by Crippen LogP contribution is -2.25. The highest BCUT2D eigenvalue weighted by Crippen LogP contribution is 2.23. The van der Waals surface area contributed by atoms with Crippen molar-refractivity contribution in [1.82, 2.24) is 5.32 Å². The number of methoxy groups -OCH3 is 1. The lowest BCUT2D eigenvalue weighted by molar-refractivity contribution is -0.120. The van der Waals surface area contributed by atoms with Crippen LogP contribution in [0.3, 0.4) is 0 Å². The Kier molecular flexibility index (Phi) is 5.60. The van der Waals surface area contributed by atoms with Gasteiger partial charge in [-0.3, -0.25) is 4.79 Å².